The van der Waals surface area contributed by atoms with Gasteiger partial charge in [0.2, 0.25) is 10.0 Å². The molecule has 1 fully saturated rings. The Bertz CT molecular complexity index is 914. The van der Waals surface area contributed by atoms with Crippen LogP contribution in [0.4, 0.5) is 5.82 Å². The maximum atomic E-state index is 11.8. The number of aromatic nitrogens is 2. The van der Waals surface area contributed by atoms with Crippen molar-refractivity contribution >= 4 is 37.4 Å². The van der Waals surface area contributed by atoms with E-state index < -0.39 is 10.0 Å². The monoisotopic (exact) mass is 380 g/mol. The summed E-state index contributed by atoms with van der Waals surface area (Å²) >= 11 is 1.82. The van der Waals surface area contributed by atoms with Crippen LogP contribution in [0.3, 0.4) is 0 Å². The van der Waals surface area contributed by atoms with Crippen molar-refractivity contribution in [2.24, 2.45) is 5.92 Å². The summed E-state index contributed by atoms with van der Waals surface area (Å²) in [7, 11) is -3.12. The van der Waals surface area contributed by atoms with Crippen molar-refractivity contribution in [3.8, 4) is 0 Å². The van der Waals surface area contributed by atoms with E-state index in [1.807, 2.05) is 18.3 Å². The standard InChI is InChI=1S/C17H24N4O2S2/c1-11-4-5-13-14(10-11)24-17-15(13)16(18-12(2)19-17)20-6-8-21(9-7-20)25(3,22)23/h11H,4-10H2,1-3H3. The molecular formula is C17H24N4O2S2. The van der Waals surface area contributed by atoms with Gasteiger partial charge >= 0.3 is 0 Å². The fourth-order valence-corrected chi connectivity index (χ4v) is 6.14. The van der Waals surface area contributed by atoms with Crippen LogP contribution in [0.15, 0.2) is 0 Å². The fourth-order valence-electron chi connectivity index (χ4n) is 3.89. The molecule has 0 amide bonds. The normalized spacial score (nSPS) is 22.4. The molecule has 2 aromatic heterocycles. The van der Waals surface area contributed by atoms with Gasteiger partial charge in [-0.2, -0.15) is 4.31 Å². The zero-order valence-electron chi connectivity index (χ0n) is 14.9. The van der Waals surface area contributed by atoms with Gasteiger partial charge in [-0.3, -0.25) is 0 Å². The van der Waals surface area contributed by atoms with Crippen LogP contribution in [0.25, 0.3) is 10.2 Å². The molecule has 2 aliphatic rings. The molecule has 136 valence electrons. The topological polar surface area (TPSA) is 66.4 Å². The van der Waals surface area contributed by atoms with Crippen molar-refractivity contribution in [3.63, 3.8) is 0 Å². The van der Waals surface area contributed by atoms with Crippen LogP contribution in [0, 0.1) is 12.8 Å². The second kappa shape index (κ2) is 6.17. The van der Waals surface area contributed by atoms with Crippen LogP contribution in [0.1, 0.15) is 29.6 Å². The molecule has 0 saturated carbocycles. The van der Waals surface area contributed by atoms with Gasteiger partial charge < -0.3 is 4.90 Å². The molecule has 1 saturated heterocycles. The summed E-state index contributed by atoms with van der Waals surface area (Å²) in [6, 6.07) is 0. The highest BCUT2D eigenvalue weighted by Crippen LogP contribution is 2.41. The van der Waals surface area contributed by atoms with Gasteiger partial charge in [-0.15, -0.1) is 11.3 Å². The van der Waals surface area contributed by atoms with E-state index in [2.05, 4.69) is 16.8 Å². The van der Waals surface area contributed by atoms with Crippen LogP contribution < -0.4 is 4.90 Å². The van der Waals surface area contributed by atoms with E-state index >= 15 is 0 Å². The molecule has 0 spiro atoms. The van der Waals surface area contributed by atoms with E-state index in [0.717, 1.165) is 35.2 Å². The van der Waals surface area contributed by atoms with Gasteiger partial charge in [0.05, 0.1) is 11.6 Å². The first kappa shape index (κ1) is 17.2. The molecule has 0 radical (unpaired) electrons. The van der Waals surface area contributed by atoms with Crippen LogP contribution in [0.5, 0.6) is 0 Å². The highest BCUT2D eigenvalue weighted by atomic mass is 32.2. The third-order valence-electron chi connectivity index (χ3n) is 5.25. The van der Waals surface area contributed by atoms with E-state index in [1.165, 1.54) is 28.5 Å². The molecule has 25 heavy (non-hydrogen) atoms. The van der Waals surface area contributed by atoms with E-state index in [0.29, 0.717) is 26.2 Å². The van der Waals surface area contributed by atoms with Crippen LogP contribution >= 0.6 is 11.3 Å². The molecule has 8 heteroatoms. The summed E-state index contributed by atoms with van der Waals surface area (Å²) in [5.74, 6) is 2.53. The van der Waals surface area contributed by atoms with Crippen LogP contribution in [-0.2, 0) is 22.9 Å². The van der Waals surface area contributed by atoms with Gasteiger partial charge in [0.1, 0.15) is 16.5 Å². The van der Waals surface area contributed by atoms with Gasteiger partial charge in [0.15, 0.2) is 0 Å². The minimum atomic E-state index is -3.12. The Labute approximate surface area is 152 Å². The van der Waals surface area contributed by atoms with Gasteiger partial charge in [-0.25, -0.2) is 18.4 Å². The predicted octanol–water partition coefficient (Wildman–Crippen LogP) is 2.21. The van der Waals surface area contributed by atoms with Crippen molar-refractivity contribution in [3.05, 3.63) is 16.3 Å². The van der Waals surface area contributed by atoms with Gasteiger partial charge in [-0.05, 0) is 37.7 Å². The summed E-state index contributed by atoms with van der Waals surface area (Å²) in [6.45, 7) is 6.66. The Morgan fingerprint density at radius 1 is 1.16 bits per heavy atom. The number of thiophene rings is 1. The summed E-state index contributed by atoms with van der Waals surface area (Å²) < 4.78 is 25.1. The quantitative estimate of drug-likeness (QED) is 0.799. The second-order valence-electron chi connectivity index (χ2n) is 7.28. The summed E-state index contributed by atoms with van der Waals surface area (Å²) in [6.07, 6.45) is 4.73. The first-order chi connectivity index (χ1) is 11.8. The lowest BCUT2D eigenvalue weighted by atomic mass is 9.89. The summed E-state index contributed by atoms with van der Waals surface area (Å²) in [5.41, 5.74) is 1.43. The number of fused-ring (bicyclic) bond motifs is 3. The lowest BCUT2D eigenvalue weighted by molar-refractivity contribution is 0.387. The number of hydrogen-bond donors (Lipinski definition) is 0. The van der Waals surface area contributed by atoms with Gasteiger partial charge in [0.25, 0.3) is 0 Å². The molecule has 1 aliphatic carbocycles. The summed E-state index contributed by atoms with van der Waals surface area (Å²) in [5, 5.41) is 1.21. The Morgan fingerprint density at radius 3 is 2.56 bits per heavy atom. The largest absolute Gasteiger partial charge is 0.353 e. The lowest BCUT2D eigenvalue weighted by Gasteiger charge is -2.34. The zero-order chi connectivity index (χ0) is 17.8. The molecular weight excluding hydrogens is 356 g/mol. The maximum Gasteiger partial charge on any atom is 0.211 e. The Hall–Kier alpha value is -1.25. The molecule has 2 aromatic rings. The zero-order valence-corrected chi connectivity index (χ0v) is 16.6. The van der Waals surface area contributed by atoms with E-state index in [4.69, 9.17) is 4.98 Å². The van der Waals surface area contributed by atoms with Crippen LogP contribution in [-0.4, -0.2) is 55.1 Å². The summed E-state index contributed by atoms with van der Waals surface area (Å²) in [4.78, 5) is 14.2. The first-order valence-electron chi connectivity index (χ1n) is 8.82. The van der Waals surface area contributed by atoms with E-state index in [-0.39, 0.29) is 0 Å². The Balaban J connectivity index is 1.73. The first-order valence-corrected chi connectivity index (χ1v) is 11.5. The molecule has 0 bridgehead atoms. The van der Waals surface area contributed by atoms with Gasteiger partial charge in [-0.1, -0.05) is 6.92 Å². The van der Waals surface area contributed by atoms with Crippen molar-refractivity contribution < 1.29 is 8.42 Å². The molecule has 1 unspecified atom stereocenters. The number of sulfonamides is 1. The lowest BCUT2D eigenvalue weighted by Crippen LogP contribution is -2.48. The van der Waals surface area contributed by atoms with E-state index in [1.54, 1.807) is 4.31 Å². The fraction of sp³-hybridized carbons (Fsp3) is 0.647. The molecule has 6 nitrogen and oxygen atoms in total. The highest BCUT2D eigenvalue weighted by molar-refractivity contribution is 7.88. The molecule has 3 heterocycles. The average molecular weight is 381 g/mol. The molecule has 0 aromatic carbocycles. The van der Waals surface area contributed by atoms with Crippen LogP contribution in [0.2, 0.25) is 0 Å². The Kier molecular flexibility index (Phi) is 4.24. The number of anilines is 1. The molecule has 1 aliphatic heterocycles. The van der Waals surface area contributed by atoms with Gasteiger partial charge in [0, 0.05) is 31.1 Å². The Morgan fingerprint density at radius 2 is 1.88 bits per heavy atom. The van der Waals surface area contributed by atoms with Crippen molar-refractivity contribution in [2.75, 3.05) is 37.3 Å². The number of nitrogens with zero attached hydrogens (tertiary/aromatic N) is 4. The third-order valence-corrected chi connectivity index (χ3v) is 7.71. The van der Waals surface area contributed by atoms with Crippen molar-refractivity contribution in [1.29, 1.82) is 0 Å². The minimum Gasteiger partial charge on any atom is -0.353 e. The number of rotatable bonds is 2. The highest BCUT2D eigenvalue weighted by Gasteiger charge is 2.29. The van der Waals surface area contributed by atoms with Crippen molar-refractivity contribution in [2.45, 2.75) is 33.1 Å². The average Bonchev–Trinajstić information content (AvgIpc) is 2.90. The maximum absolute atomic E-state index is 11.8. The predicted molar refractivity (Wildman–Crippen MR) is 102 cm³/mol. The molecule has 0 N–H and O–H groups in total. The number of piperazine rings is 1. The molecule has 4 rings (SSSR count). The number of hydrogen-bond acceptors (Lipinski definition) is 6. The second-order valence-corrected chi connectivity index (χ2v) is 10.3. The molecule has 1 atom stereocenters. The smallest absolute Gasteiger partial charge is 0.211 e. The van der Waals surface area contributed by atoms with E-state index in [9.17, 15) is 8.42 Å². The third kappa shape index (κ3) is 3.15. The van der Waals surface area contributed by atoms with Crippen molar-refractivity contribution in [1.82, 2.24) is 14.3 Å². The minimum absolute atomic E-state index is 0.521. The number of aryl methyl sites for hydroxylation is 2. The SMILES string of the molecule is Cc1nc(N2CCN(S(C)(=O)=O)CC2)c2c3c(sc2n1)CC(C)CC3.